The van der Waals surface area contributed by atoms with Crippen molar-refractivity contribution in [3.05, 3.63) is 22.3 Å². The van der Waals surface area contributed by atoms with Gasteiger partial charge < -0.3 is 5.32 Å². The molecule has 5 nitrogen and oxygen atoms in total. The maximum Gasteiger partial charge on any atom is 0.194 e. The van der Waals surface area contributed by atoms with Crippen LogP contribution in [0.3, 0.4) is 0 Å². The number of hydrogen-bond donors (Lipinski definition) is 1. The summed E-state index contributed by atoms with van der Waals surface area (Å²) in [6.07, 6.45) is 2.06. The highest BCUT2D eigenvalue weighted by Crippen LogP contribution is 2.33. The molecule has 0 aliphatic heterocycles. The molecule has 0 saturated heterocycles. The second kappa shape index (κ2) is 5.58. The molecular formula is C11H13N5S3. The summed E-state index contributed by atoms with van der Waals surface area (Å²) in [6, 6.07) is 0. The zero-order valence-corrected chi connectivity index (χ0v) is 13.0. The molecule has 3 aromatic rings. The number of aryl methyl sites for hydroxylation is 1. The van der Waals surface area contributed by atoms with Gasteiger partial charge in [-0.05, 0) is 25.2 Å². The molecule has 19 heavy (non-hydrogen) atoms. The zero-order valence-electron chi connectivity index (χ0n) is 10.6. The zero-order chi connectivity index (χ0) is 13.2. The topological polar surface area (TPSA) is 55.1 Å². The van der Waals surface area contributed by atoms with E-state index in [4.69, 9.17) is 0 Å². The molecule has 0 aliphatic rings. The van der Waals surface area contributed by atoms with E-state index in [1.54, 1.807) is 34.4 Å². The van der Waals surface area contributed by atoms with Crippen molar-refractivity contribution in [1.82, 2.24) is 24.9 Å². The van der Waals surface area contributed by atoms with Crippen LogP contribution in [0.1, 0.15) is 17.6 Å². The molecule has 3 aromatic heterocycles. The number of thiazole rings is 1. The molecule has 0 unspecified atom stereocenters. The van der Waals surface area contributed by atoms with Crippen LogP contribution in [0, 0.1) is 6.92 Å². The van der Waals surface area contributed by atoms with Crippen molar-refractivity contribution in [3.63, 3.8) is 0 Å². The number of hydrogen-bond acceptors (Lipinski definition) is 7. The van der Waals surface area contributed by atoms with Crippen molar-refractivity contribution in [2.75, 3.05) is 6.54 Å². The van der Waals surface area contributed by atoms with Crippen LogP contribution in [0.5, 0.6) is 0 Å². The van der Waals surface area contributed by atoms with E-state index in [-0.39, 0.29) is 0 Å². The quantitative estimate of drug-likeness (QED) is 0.785. The number of rotatable bonds is 5. The van der Waals surface area contributed by atoms with Gasteiger partial charge in [-0.25, -0.2) is 4.98 Å². The number of imidazole rings is 1. The van der Waals surface area contributed by atoms with Gasteiger partial charge in [0.25, 0.3) is 0 Å². The van der Waals surface area contributed by atoms with Crippen LogP contribution >= 0.6 is 34.4 Å². The smallest absolute Gasteiger partial charge is 0.194 e. The van der Waals surface area contributed by atoms with Gasteiger partial charge in [-0.2, -0.15) is 0 Å². The summed E-state index contributed by atoms with van der Waals surface area (Å²) in [7, 11) is 0. The maximum atomic E-state index is 4.67. The van der Waals surface area contributed by atoms with Crippen LogP contribution in [0.15, 0.2) is 20.9 Å². The van der Waals surface area contributed by atoms with Gasteiger partial charge in [0.05, 0.1) is 5.69 Å². The second-order valence-electron chi connectivity index (χ2n) is 3.89. The van der Waals surface area contributed by atoms with Crippen molar-refractivity contribution in [1.29, 1.82) is 0 Å². The normalized spacial score (nSPS) is 11.5. The third-order valence-corrected chi connectivity index (χ3v) is 5.22. The van der Waals surface area contributed by atoms with E-state index in [0.717, 1.165) is 32.4 Å². The minimum absolute atomic E-state index is 0.814. The van der Waals surface area contributed by atoms with E-state index in [1.165, 1.54) is 5.69 Å². The molecule has 3 heterocycles. The van der Waals surface area contributed by atoms with Crippen molar-refractivity contribution < 1.29 is 0 Å². The molecule has 0 aliphatic carbocycles. The molecule has 0 atom stereocenters. The van der Waals surface area contributed by atoms with Crippen molar-refractivity contribution in [2.45, 2.75) is 29.8 Å². The first-order chi connectivity index (χ1) is 9.28. The van der Waals surface area contributed by atoms with E-state index >= 15 is 0 Å². The fraction of sp³-hybridized carbons (Fsp3) is 0.364. The van der Waals surface area contributed by atoms with Crippen LogP contribution < -0.4 is 5.32 Å². The Morgan fingerprint density at radius 2 is 2.32 bits per heavy atom. The summed E-state index contributed by atoms with van der Waals surface area (Å²) in [6.45, 7) is 5.83. The average molecular weight is 311 g/mol. The monoisotopic (exact) mass is 311 g/mol. The third-order valence-electron chi connectivity index (χ3n) is 2.56. The molecule has 0 saturated carbocycles. The van der Waals surface area contributed by atoms with Gasteiger partial charge in [0, 0.05) is 18.1 Å². The fourth-order valence-corrected chi connectivity index (χ4v) is 4.34. The van der Waals surface area contributed by atoms with Crippen LogP contribution in [-0.4, -0.2) is 26.1 Å². The van der Waals surface area contributed by atoms with Gasteiger partial charge in [0.1, 0.15) is 10.0 Å². The van der Waals surface area contributed by atoms with E-state index in [2.05, 4.69) is 43.4 Å². The minimum atomic E-state index is 0.814. The summed E-state index contributed by atoms with van der Waals surface area (Å²) in [5.74, 6) is 0. The molecule has 0 amide bonds. The summed E-state index contributed by atoms with van der Waals surface area (Å²) < 4.78 is 3.09. The molecule has 0 aromatic carbocycles. The van der Waals surface area contributed by atoms with Gasteiger partial charge in [-0.3, -0.25) is 4.40 Å². The Morgan fingerprint density at radius 1 is 1.42 bits per heavy atom. The lowest BCUT2D eigenvalue weighted by atomic mass is 10.4. The molecule has 1 N–H and O–H groups in total. The Balaban J connectivity index is 1.94. The maximum absolute atomic E-state index is 4.67. The standard InChI is InChI=1S/C11H13N5S3/c1-3-12-6-8-9(13-10-16(8)4-5-17-10)19-11-15-14-7(2)18-11/h4-5,12H,3,6H2,1-2H3. The van der Waals surface area contributed by atoms with Crippen molar-refractivity contribution >= 4 is 39.4 Å². The minimum Gasteiger partial charge on any atom is -0.311 e. The average Bonchev–Trinajstić information content (AvgIpc) is 3.05. The number of fused-ring (bicyclic) bond motifs is 1. The first kappa shape index (κ1) is 13.0. The van der Waals surface area contributed by atoms with Gasteiger partial charge in [-0.15, -0.1) is 21.5 Å². The fourth-order valence-electron chi connectivity index (χ4n) is 1.70. The summed E-state index contributed by atoms with van der Waals surface area (Å²) in [5, 5.41) is 15.6. The van der Waals surface area contributed by atoms with Crippen molar-refractivity contribution in [3.8, 4) is 0 Å². The van der Waals surface area contributed by atoms with E-state index in [0.29, 0.717) is 0 Å². The largest absolute Gasteiger partial charge is 0.311 e. The second-order valence-corrected chi connectivity index (χ2v) is 7.18. The lowest BCUT2D eigenvalue weighted by Gasteiger charge is -2.02. The van der Waals surface area contributed by atoms with Crippen LogP contribution in [0.25, 0.3) is 4.96 Å². The SMILES string of the molecule is CCNCc1c(Sc2nnc(C)s2)nc2sccn12. The molecule has 0 radical (unpaired) electrons. The third kappa shape index (κ3) is 2.66. The Hall–Kier alpha value is -0.960. The highest BCUT2D eigenvalue weighted by Gasteiger charge is 2.15. The highest BCUT2D eigenvalue weighted by molar-refractivity contribution is 8.01. The molecular weight excluding hydrogens is 298 g/mol. The highest BCUT2D eigenvalue weighted by atomic mass is 32.2. The number of aromatic nitrogens is 4. The first-order valence-electron chi connectivity index (χ1n) is 5.91. The Morgan fingerprint density at radius 3 is 3.05 bits per heavy atom. The molecule has 3 rings (SSSR count). The van der Waals surface area contributed by atoms with Gasteiger partial charge in [0.15, 0.2) is 9.30 Å². The van der Waals surface area contributed by atoms with E-state index in [1.807, 2.05) is 6.92 Å². The van der Waals surface area contributed by atoms with Crippen LogP contribution in [0.4, 0.5) is 0 Å². The van der Waals surface area contributed by atoms with Gasteiger partial charge in [0.2, 0.25) is 0 Å². The van der Waals surface area contributed by atoms with Crippen molar-refractivity contribution in [2.24, 2.45) is 0 Å². The van der Waals surface area contributed by atoms with Crippen LogP contribution in [0.2, 0.25) is 0 Å². The predicted molar refractivity (Wildman–Crippen MR) is 79.2 cm³/mol. The summed E-state index contributed by atoms with van der Waals surface area (Å²) in [5.41, 5.74) is 1.19. The number of nitrogens with zero attached hydrogens (tertiary/aromatic N) is 4. The molecule has 100 valence electrons. The van der Waals surface area contributed by atoms with Gasteiger partial charge in [-0.1, -0.05) is 18.3 Å². The molecule has 8 heteroatoms. The first-order valence-corrected chi connectivity index (χ1v) is 8.42. The predicted octanol–water partition coefficient (Wildman–Crippen LogP) is 2.82. The van der Waals surface area contributed by atoms with Crippen LogP contribution in [-0.2, 0) is 6.54 Å². The summed E-state index contributed by atoms with van der Waals surface area (Å²) in [4.78, 5) is 5.70. The van der Waals surface area contributed by atoms with Gasteiger partial charge >= 0.3 is 0 Å². The molecule has 0 spiro atoms. The Labute approximate surface area is 123 Å². The Kier molecular flexibility index (Phi) is 3.83. The summed E-state index contributed by atoms with van der Waals surface area (Å²) >= 11 is 4.85. The molecule has 0 fully saturated rings. The number of nitrogens with one attached hydrogen (secondary N) is 1. The molecule has 0 bridgehead atoms. The lowest BCUT2D eigenvalue weighted by molar-refractivity contribution is 0.694. The van der Waals surface area contributed by atoms with E-state index < -0.39 is 0 Å². The van der Waals surface area contributed by atoms with E-state index in [9.17, 15) is 0 Å². The lowest BCUT2D eigenvalue weighted by Crippen LogP contribution is -2.13. The Bertz CT molecular complexity index is 683.